The van der Waals surface area contributed by atoms with Crippen LogP contribution in [0, 0.1) is 5.92 Å². The Balaban J connectivity index is 1.47. The Bertz CT molecular complexity index is 1070. The topological polar surface area (TPSA) is 128 Å². The van der Waals surface area contributed by atoms with Crippen LogP contribution in [0.1, 0.15) is 42.9 Å². The molecular formula is C23H27N5O5. The summed E-state index contributed by atoms with van der Waals surface area (Å²) in [6.45, 7) is 4.79. The molecule has 0 aliphatic rings. The number of hydrogen-bond acceptors (Lipinski definition) is 8. The molecule has 0 bridgehead atoms. The van der Waals surface area contributed by atoms with E-state index < -0.39 is 11.8 Å². The standard InChI is InChI=1S/C23H27N5O5/c1-15(2)10-13-32-18-5-4-17(14-19(18)31-3)23(30)27-26-20(29)6-7-21-25-22(28-33-21)16-8-11-24-12-9-16/h4-5,8-9,11-12,14-15H,6-7,10,13H2,1-3H3,(H,26,29)(H,27,30). The van der Waals surface area contributed by atoms with Gasteiger partial charge in [0.25, 0.3) is 5.91 Å². The summed E-state index contributed by atoms with van der Waals surface area (Å²) < 4.78 is 16.2. The van der Waals surface area contributed by atoms with Crippen molar-refractivity contribution in [2.45, 2.75) is 33.1 Å². The zero-order valence-corrected chi connectivity index (χ0v) is 18.8. The van der Waals surface area contributed by atoms with Crippen molar-refractivity contribution in [2.24, 2.45) is 5.92 Å². The number of hydrazine groups is 1. The summed E-state index contributed by atoms with van der Waals surface area (Å²) in [7, 11) is 1.51. The molecule has 0 saturated heterocycles. The molecule has 2 amide bonds. The fourth-order valence-corrected chi connectivity index (χ4v) is 2.79. The molecule has 10 heteroatoms. The van der Waals surface area contributed by atoms with Crippen LogP contribution in [0.5, 0.6) is 11.5 Å². The van der Waals surface area contributed by atoms with Gasteiger partial charge < -0.3 is 14.0 Å². The van der Waals surface area contributed by atoms with Crippen LogP contribution >= 0.6 is 0 Å². The number of pyridine rings is 1. The van der Waals surface area contributed by atoms with Crippen molar-refractivity contribution in [3.05, 3.63) is 54.2 Å². The fourth-order valence-electron chi connectivity index (χ4n) is 2.79. The summed E-state index contributed by atoms with van der Waals surface area (Å²) in [6, 6.07) is 8.36. The molecule has 0 fully saturated rings. The molecule has 3 rings (SSSR count). The fraction of sp³-hybridized carbons (Fsp3) is 0.348. The summed E-state index contributed by atoms with van der Waals surface area (Å²) >= 11 is 0. The van der Waals surface area contributed by atoms with E-state index in [0.29, 0.717) is 41.3 Å². The lowest BCUT2D eigenvalue weighted by atomic mass is 10.1. The van der Waals surface area contributed by atoms with E-state index in [9.17, 15) is 9.59 Å². The van der Waals surface area contributed by atoms with Gasteiger partial charge >= 0.3 is 0 Å². The molecule has 0 aliphatic heterocycles. The number of amides is 2. The van der Waals surface area contributed by atoms with Gasteiger partial charge in [-0.1, -0.05) is 19.0 Å². The highest BCUT2D eigenvalue weighted by molar-refractivity contribution is 5.96. The molecule has 0 unspecified atom stereocenters. The molecule has 0 saturated carbocycles. The van der Waals surface area contributed by atoms with E-state index in [1.165, 1.54) is 7.11 Å². The van der Waals surface area contributed by atoms with Crippen LogP contribution in [-0.4, -0.2) is 40.7 Å². The summed E-state index contributed by atoms with van der Waals surface area (Å²) in [6.07, 6.45) is 4.46. The van der Waals surface area contributed by atoms with E-state index in [4.69, 9.17) is 14.0 Å². The summed E-state index contributed by atoms with van der Waals surface area (Å²) in [5, 5.41) is 3.89. The lowest BCUT2D eigenvalue weighted by Crippen LogP contribution is -2.41. The second-order valence-corrected chi connectivity index (χ2v) is 7.65. The van der Waals surface area contributed by atoms with Gasteiger partial charge in [-0.25, -0.2) is 0 Å². The van der Waals surface area contributed by atoms with Gasteiger partial charge in [-0.05, 0) is 42.7 Å². The highest BCUT2D eigenvalue weighted by Gasteiger charge is 2.14. The first-order valence-electron chi connectivity index (χ1n) is 10.6. The van der Waals surface area contributed by atoms with E-state index in [2.05, 4.69) is 39.8 Å². The quantitative estimate of drug-likeness (QED) is 0.448. The average Bonchev–Trinajstić information content (AvgIpc) is 3.31. The van der Waals surface area contributed by atoms with Gasteiger partial charge in [0, 0.05) is 36.4 Å². The van der Waals surface area contributed by atoms with E-state index in [1.807, 2.05) is 0 Å². The minimum Gasteiger partial charge on any atom is -0.493 e. The number of methoxy groups -OCH3 is 1. The molecule has 10 nitrogen and oxygen atoms in total. The molecule has 0 aliphatic carbocycles. The van der Waals surface area contributed by atoms with Gasteiger partial charge in [-0.2, -0.15) is 4.98 Å². The molecule has 0 atom stereocenters. The maximum Gasteiger partial charge on any atom is 0.269 e. The number of nitrogens with one attached hydrogen (secondary N) is 2. The first-order valence-corrected chi connectivity index (χ1v) is 10.6. The number of aromatic nitrogens is 3. The molecule has 2 N–H and O–H groups in total. The number of carbonyl (C=O) groups is 2. The average molecular weight is 453 g/mol. The number of hydrogen-bond donors (Lipinski definition) is 2. The van der Waals surface area contributed by atoms with Crippen LogP contribution in [0.4, 0.5) is 0 Å². The number of ether oxygens (including phenoxy) is 2. The zero-order valence-electron chi connectivity index (χ0n) is 18.8. The van der Waals surface area contributed by atoms with Crippen LogP contribution in [0.25, 0.3) is 11.4 Å². The van der Waals surface area contributed by atoms with Gasteiger partial charge in [0.05, 0.1) is 13.7 Å². The third kappa shape index (κ3) is 7.03. The Morgan fingerprint density at radius 1 is 1.09 bits per heavy atom. The molecule has 0 radical (unpaired) electrons. The Hall–Kier alpha value is -3.95. The maximum atomic E-state index is 12.4. The molecule has 2 heterocycles. The van der Waals surface area contributed by atoms with Crippen molar-refractivity contribution >= 4 is 11.8 Å². The first kappa shape index (κ1) is 23.7. The summed E-state index contributed by atoms with van der Waals surface area (Å²) in [5.41, 5.74) is 5.85. The normalized spacial score (nSPS) is 10.7. The predicted octanol–water partition coefficient (Wildman–Crippen LogP) is 2.96. The maximum absolute atomic E-state index is 12.4. The smallest absolute Gasteiger partial charge is 0.269 e. The Morgan fingerprint density at radius 2 is 1.88 bits per heavy atom. The van der Waals surface area contributed by atoms with Crippen LogP contribution in [0.3, 0.4) is 0 Å². The van der Waals surface area contributed by atoms with Crippen LogP contribution in [-0.2, 0) is 11.2 Å². The van der Waals surface area contributed by atoms with Crippen molar-refractivity contribution in [1.29, 1.82) is 0 Å². The van der Waals surface area contributed by atoms with Gasteiger partial charge in [0.2, 0.25) is 17.6 Å². The Labute approximate surface area is 191 Å². The zero-order chi connectivity index (χ0) is 23.6. The van der Waals surface area contributed by atoms with Crippen molar-refractivity contribution in [2.75, 3.05) is 13.7 Å². The van der Waals surface area contributed by atoms with E-state index in [1.54, 1.807) is 42.7 Å². The van der Waals surface area contributed by atoms with Gasteiger partial charge in [0.1, 0.15) is 0 Å². The molecular weight excluding hydrogens is 426 g/mol. The van der Waals surface area contributed by atoms with Crippen molar-refractivity contribution < 1.29 is 23.6 Å². The van der Waals surface area contributed by atoms with Crippen molar-refractivity contribution in [3.63, 3.8) is 0 Å². The Kier molecular flexibility index (Phi) is 8.34. The second-order valence-electron chi connectivity index (χ2n) is 7.65. The highest BCUT2D eigenvalue weighted by Crippen LogP contribution is 2.28. The first-order chi connectivity index (χ1) is 16.0. The predicted molar refractivity (Wildman–Crippen MR) is 119 cm³/mol. The monoisotopic (exact) mass is 453 g/mol. The molecule has 33 heavy (non-hydrogen) atoms. The third-order valence-corrected chi connectivity index (χ3v) is 4.67. The lowest BCUT2D eigenvalue weighted by molar-refractivity contribution is -0.121. The molecule has 2 aromatic heterocycles. The van der Waals surface area contributed by atoms with E-state index >= 15 is 0 Å². The number of carbonyl (C=O) groups excluding carboxylic acids is 2. The van der Waals surface area contributed by atoms with Gasteiger partial charge in [-0.15, -0.1) is 0 Å². The second kappa shape index (κ2) is 11.6. The molecule has 1 aromatic carbocycles. The summed E-state index contributed by atoms with van der Waals surface area (Å²) in [5.74, 6) is 1.39. The Morgan fingerprint density at radius 3 is 2.61 bits per heavy atom. The SMILES string of the molecule is COc1cc(C(=O)NNC(=O)CCc2nc(-c3ccncc3)no2)ccc1OCCC(C)C. The van der Waals surface area contributed by atoms with Gasteiger partial charge in [-0.3, -0.25) is 25.4 Å². The van der Waals surface area contributed by atoms with Crippen LogP contribution in [0.15, 0.2) is 47.2 Å². The van der Waals surface area contributed by atoms with Crippen LogP contribution < -0.4 is 20.3 Å². The molecule has 174 valence electrons. The number of benzene rings is 1. The third-order valence-electron chi connectivity index (χ3n) is 4.67. The molecule has 0 spiro atoms. The van der Waals surface area contributed by atoms with E-state index in [0.717, 1.165) is 12.0 Å². The minimum atomic E-state index is -0.479. The van der Waals surface area contributed by atoms with Crippen molar-refractivity contribution in [3.8, 4) is 22.9 Å². The minimum absolute atomic E-state index is 0.0597. The highest BCUT2D eigenvalue weighted by atomic mass is 16.5. The number of rotatable bonds is 10. The molecule has 3 aromatic rings. The summed E-state index contributed by atoms with van der Waals surface area (Å²) in [4.78, 5) is 32.7. The van der Waals surface area contributed by atoms with E-state index in [-0.39, 0.29) is 12.8 Å². The van der Waals surface area contributed by atoms with Gasteiger partial charge in [0.15, 0.2) is 11.5 Å². The van der Waals surface area contributed by atoms with Crippen molar-refractivity contribution in [1.82, 2.24) is 26.0 Å². The number of nitrogens with zero attached hydrogens (tertiary/aromatic N) is 3. The van der Waals surface area contributed by atoms with Crippen LogP contribution in [0.2, 0.25) is 0 Å². The largest absolute Gasteiger partial charge is 0.493 e. The number of aryl methyl sites for hydroxylation is 1. The lowest BCUT2D eigenvalue weighted by Gasteiger charge is -2.13.